The zero-order valence-electron chi connectivity index (χ0n) is 8.32. The van der Waals surface area contributed by atoms with E-state index in [9.17, 15) is 14.9 Å². The van der Waals surface area contributed by atoms with Gasteiger partial charge in [-0.3, -0.25) is 14.9 Å². The first kappa shape index (κ1) is 10.9. The van der Waals surface area contributed by atoms with E-state index in [0.29, 0.717) is 19.4 Å². The highest BCUT2D eigenvalue weighted by molar-refractivity contribution is 5.79. The van der Waals surface area contributed by atoms with Gasteiger partial charge in [-0.05, 0) is 19.3 Å². The van der Waals surface area contributed by atoms with E-state index < -0.39 is 10.3 Å². The molecule has 0 atom stereocenters. The van der Waals surface area contributed by atoms with Crippen LogP contribution in [0.5, 0.6) is 0 Å². The number of hydrogen-bond donors (Lipinski definition) is 0. The molecule has 0 saturated heterocycles. The molecule has 1 saturated carbocycles. The molecule has 80 valence electrons. The molecule has 0 aromatic carbocycles. The van der Waals surface area contributed by atoms with Gasteiger partial charge in [-0.15, -0.1) is 0 Å². The van der Waals surface area contributed by atoms with Gasteiger partial charge >= 0.3 is 5.97 Å². The fraction of sp³-hybridized carbons (Fsp3) is 0.889. The summed E-state index contributed by atoms with van der Waals surface area (Å²) < 4.78 is 4.97. The molecule has 0 heterocycles. The van der Waals surface area contributed by atoms with Crippen LogP contribution in [0.25, 0.3) is 0 Å². The van der Waals surface area contributed by atoms with Crippen LogP contribution in [0.1, 0.15) is 32.6 Å². The summed E-state index contributed by atoms with van der Waals surface area (Å²) in [6.45, 7) is 2.10. The Labute approximate surface area is 82.6 Å². The van der Waals surface area contributed by atoms with Crippen molar-refractivity contribution in [1.82, 2.24) is 0 Å². The zero-order chi connectivity index (χ0) is 10.6. The normalized spacial score (nSPS) is 17.5. The van der Waals surface area contributed by atoms with Crippen molar-refractivity contribution in [2.24, 2.45) is 5.41 Å². The lowest BCUT2D eigenvalue weighted by Crippen LogP contribution is -2.27. The molecule has 0 aliphatic heterocycles. The molecule has 0 unspecified atom stereocenters. The Morgan fingerprint density at radius 1 is 1.57 bits per heavy atom. The van der Waals surface area contributed by atoms with Crippen molar-refractivity contribution in [2.75, 3.05) is 13.2 Å². The van der Waals surface area contributed by atoms with Gasteiger partial charge in [0, 0.05) is 4.92 Å². The molecule has 0 aromatic heterocycles. The summed E-state index contributed by atoms with van der Waals surface area (Å²) in [5.41, 5.74) is -0.781. The number of hydrogen-bond acceptors (Lipinski definition) is 4. The lowest BCUT2D eigenvalue weighted by Gasteiger charge is -2.09. The summed E-state index contributed by atoms with van der Waals surface area (Å²) in [5.74, 6) is -0.386. The van der Waals surface area contributed by atoms with Gasteiger partial charge in [-0.2, -0.15) is 0 Å². The van der Waals surface area contributed by atoms with E-state index in [1.54, 1.807) is 0 Å². The number of nitro groups is 1. The smallest absolute Gasteiger partial charge is 0.318 e. The Balaban J connectivity index is 2.32. The molecule has 5 nitrogen and oxygen atoms in total. The number of rotatable bonds is 6. The molecular formula is C9H15NO4. The fourth-order valence-corrected chi connectivity index (χ4v) is 1.29. The van der Waals surface area contributed by atoms with Crippen molar-refractivity contribution in [3.63, 3.8) is 0 Å². The standard InChI is InChI=1S/C9H15NO4/c1-2-3-6-14-8(11)9(4-5-9)7-10(12)13/h2-7H2,1H3. The number of carbonyl (C=O) groups is 1. The predicted molar refractivity (Wildman–Crippen MR) is 49.4 cm³/mol. The number of esters is 1. The Morgan fingerprint density at radius 3 is 2.64 bits per heavy atom. The second-order valence-corrected chi connectivity index (χ2v) is 3.76. The average Bonchev–Trinajstić information content (AvgIpc) is 2.85. The third kappa shape index (κ3) is 2.68. The molecule has 0 radical (unpaired) electrons. The molecule has 5 heteroatoms. The van der Waals surface area contributed by atoms with E-state index in [1.165, 1.54) is 0 Å². The van der Waals surface area contributed by atoms with Crippen molar-refractivity contribution in [2.45, 2.75) is 32.6 Å². The SMILES string of the molecule is CCCCOC(=O)C1(C[N+](=O)[O-])CC1. The van der Waals surface area contributed by atoms with Gasteiger partial charge < -0.3 is 4.74 Å². The Hall–Kier alpha value is -1.13. The maximum atomic E-state index is 11.4. The van der Waals surface area contributed by atoms with Crippen LogP contribution in [-0.2, 0) is 9.53 Å². The molecule has 1 fully saturated rings. The van der Waals surface area contributed by atoms with E-state index in [1.807, 2.05) is 6.92 Å². The third-order valence-corrected chi connectivity index (χ3v) is 2.45. The zero-order valence-corrected chi connectivity index (χ0v) is 8.32. The van der Waals surface area contributed by atoms with Crippen LogP contribution in [0.2, 0.25) is 0 Å². The highest BCUT2D eigenvalue weighted by Crippen LogP contribution is 2.46. The molecule has 0 spiro atoms. The summed E-state index contributed by atoms with van der Waals surface area (Å²) in [4.78, 5) is 21.3. The van der Waals surface area contributed by atoms with Crippen molar-refractivity contribution >= 4 is 5.97 Å². The van der Waals surface area contributed by atoms with Gasteiger partial charge in [0.1, 0.15) is 5.41 Å². The molecule has 1 aliphatic rings. The van der Waals surface area contributed by atoms with Gasteiger partial charge in [-0.1, -0.05) is 13.3 Å². The number of ether oxygens (including phenoxy) is 1. The van der Waals surface area contributed by atoms with Gasteiger partial charge in [0.05, 0.1) is 6.61 Å². The van der Waals surface area contributed by atoms with Crippen LogP contribution in [0, 0.1) is 15.5 Å². The van der Waals surface area contributed by atoms with Crippen LogP contribution in [0.4, 0.5) is 0 Å². The minimum absolute atomic E-state index is 0.280. The van der Waals surface area contributed by atoms with Crippen molar-refractivity contribution in [3.05, 3.63) is 10.1 Å². The first-order chi connectivity index (χ1) is 6.60. The summed E-state index contributed by atoms with van der Waals surface area (Å²) in [6.07, 6.45) is 2.97. The molecule has 0 bridgehead atoms. The third-order valence-electron chi connectivity index (χ3n) is 2.45. The minimum atomic E-state index is -0.781. The number of unbranched alkanes of at least 4 members (excludes halogenated alkanes) is 1. The van der Waals surface area contributed by atoms with Crippen molar-refractivity contribution in [1.29, 1.82) is 0 Å². The molecule has 0 N–H and O–H groups in total. The van der Waals surface area contributed by atoms with Crippen LogP contribution >= 0.6 is 0 Å². The van der Waals surface area contributed by atoms with E-state index >= 15 is 0 Å². The summed E-state index contributed by atoms with van der Waals surface area (Å²) in [7, 11) is 0. The van der Waals surface area contributed by atoms with Crippen LogP contribution < -0.4 is 0 Å². The first-order valence-electron chi connectivity index (χ1n) is 4.90. The maximum absolute atomic E-state index is 11.4. The summed E-state index contributed by atoms with van der Waals surface area (Å²) >= 11 is 0. The number of nitrogens with zero attached hydrogens (tertiary/aromatic N) is 1. The molecule has 0 amide bonds. The Bertz CT molecular complexity index is 235. The maximum Gasteiger partial charge on any atom is 0.318 e. The van der Waals surface area contributed by atoms with Gasteiger partial charge in [0.25, 0.3) is 0 Å². The van der Waals surface area contributed by atoms with E-state index in [-0.39, 0.29) is 12.5 Å². The topological polar surface area (TPSA) is 69.4 Å². The minimum Gasteiger partial charge on any atom is -0.465 e. The van der Waals surface area contributed by atoms with E-state index in [2.05, 4.69) is 0 Å². The van der Waals surface area contributed by atoms with E-state index in [4.69, 9.17) is 4.74 Å². The quantitative estimate of drug-likeness (QED) is 0.282. The summed E-state index contributed by atoms with van der Waals surface area (Å²) in [6, 6.07) is 0. The Kier molecular flexibility index (Phi) is 3.43. The molecular weight excluding hydrogens is 186 g/mol. The lowest BCUT2D eigenvalue weighted by atomic mass is 10.1. The van der Waals surface area contributed by atoms with Crippen LogP contribution in [-0.4, -0.2) is 24.0 Å². The largest absolute Gasteiger partial charge is 0.465 e. The van der Waals surface area contributed by atoms with Crippen molar-refractivity contribution in [3.8, 4) is 0 Å². The monoisotopic (exact) mass is 201 g/mol. The van der Waals surface area contributed by atoms with E-state index in [0.717, 1.165) is 12.8 Å². The molecule has 0 aromatic rings. The Morgan fingerprint density at radius 2 is 2.21 bits per heavy atom. The first-order valence-corrected chi connectivity index (χ1v) is 4.90. The number of carbonyl (C=O) groups excluding carboxylic acids is 1. The van der Waals surface area contributed by atoms with Gasteiger partial charge in [-0.25, -0.2) is 0 Å². The van der Waals surface area contributed by atoms with Crippen LogP contribution in [0.15, 0.2) is 0 Å². The molecule has 1 rings (SSSR count). The van der Waals surface area contributed by atoms with Crippen molar-refractivity contribution < 1.29 is 14.5 Å². The molecule has 1 aliphatic carbocycles. The summed E-state index contributed by atoms with van der Waals surface area (Å²) in [5, 5.41) is 10.3. The van der Waals surface area contributed by atoms with Gasteiger partial charge in [0.2, 0.25) is 6.54 Å². The van der Waals surface area contributed by atoms with Crippen LogP contribution in [0.3, 0.4) is 0 Å². The second kappa shape index (κ2) is 4.39. The fourth-order valence-electron chi connectivity index (χ4n) is 1.29. The average molecular weight is 201 g/mol. The predicted octanol–water partition coefficient (Wildman–Crippen LogP) is 1.39. The van der Waals surface area contributed by atoms with Gasteiger partial charge in [0.15, 0.2) is 0 Å². The highest BCUT2D eigenvalue weighted by atomic mass is 16.6. The lowest BCUT2D eigenvalue weighted by molar-refractivity contribution is -0.488. The second-order valence-electron chi connectivity index (χ2n) is 3.76. The molecule has 14 heavy (non-hydrogen) atoms. The highest BCUT2D eigenvalue weighted by Gasteiger charge is 2.55.